The monoisotopic (exact) mass is 1990 g/mol. The third kappa shape index (κ3) is 23.5. The van der Waals surface area contributed by atoms with E-state index in [1.54, 1.807) is 110 Å². The van der Waals surface area contributed by atoms with E-state index in [0.717, 1.165) is 70.8 Å². The number of hydrogen-bond acceptors (Lipinski definition) is 33. The van der Waals surface area contributed by atoms with Gasteiger partial charge in [0, 0.05) is 166 Å². The number of esters is 1. The van der Waals surface area contributed by atoms with Crippen LogP contribution in [0, 0.1) is 10.1 Å². The Bertz CT molecular complexity index is 5690. The Morgan fingerprint density at radius 1 is 0.394 bits per heavy atom. The fraction of sp³-hybridized carbons (Fsp3) is 0.548. The Labute approximate surface area is 776 Å². The second kappa shape index (κ2) is 42.7. The van der Waals surface area contributed by atoms with E-state index < -0.39 is 98.0 Å². The van der Waals surface area contributed by atoms with Gasteiger partial charge in [-0.2, -0.15) is 25.8 Å². The molecule has 132 heavy (non-hydrogen) atoms. The van der Waals surface area contributed by atoms with Crippen LogP contribution in [0.2, 0.25) is 0 Å². The molecule has 12 aliphatic heterocycles. The summed E-state index contributed by atoms with van der Waals surface area (Å²) in [6.07, 6.45) is 8.64. The van der Waals surface area contributed by atoms with Crippen LogP contribution >= 0.6 is 11.8 Å². The number of nitro groups is 1. The van der Waals surface area contributed by atoms with Crippen molar-refractivity contribution in [3.8, 4) is 17.2 Å². The number of piperidine rings is 6. The van der Waals surface area contributed by atoms with Crippen LogP contribution in [-0.2, 0) is 98.6 Å². The van der Waals surface area contributed by atoms with Gasteiger partial charge < -0.3 is 48.5 Å². The third-order valence-corrected chi connectivity index (χ3v) is 39.6. The number of sulfonamides is 7. The van der Waals surface area contributed by atoms with Gasteiger partial charge in [0.25, 0.3) is 5.69 Å². The van der Waals surface area contributed by atoms with Gasteiger partial charge in [0.05, 0.1) is 98.4 Å². The molecule has 6 spiro atoms. The van der Waals surface area contributed by atoms with Crippen LogP contribution in [0.1, 0.15) is 101 Å². The predicted octanol–water partition coefficient (Wildman–Crippen LogP) is 4.14. The number of ether oxygens (including phenoxy) is 8. The van der Waals surface area contributed by atoms with Crippen LogP contribution in [-0.4, -0.2) is 306 Å². The van der Waals surface area contributed by atoms with Crippen molar-refractivity contribution >= 4 is 99.4 Å². The van der Waals surface area contributed by atoms with Crippen LogP contribution < -0.4 is 51.3 Å². The van der Waals surface area contributed by atoms with Gasteiger partial charge in [-0.15, -0.1) is 11.8 Å². The Balaban J connectivity index is 0.000000135. The zero-order chi connectivity index (χ0) is 94.7. The lowest BCUT2D eigenvalue weighted by atomic mass is 10.0. The molecular weight excluding hydrogens is 1880 g/mol. The first kappa shape index (κ1) is 102. The third-order valence-electron chi connectivity index (χ3n) is 25.4. The van der Waals surface area contributed by atoms with Crippen LogP contribution in [0.3, 0.4) is 0 Å². The zero-order valence-electron chi connectivity index (χ0n) is 73.9. The van der Waals surface area contributed by atoms with Crippen molar-refractivity contribution in [3.05, 3.63) is 161 Å². The van der Waals surface area contributed by atoms with Crippen molar-refractivity contribution in [3.63, 3.8) is 0 Å². The Hall–Kier alpha value is -7.42. The molecule has 40 nitrogen and oxygen atoms in total. The number of primary sulfonamides is 1. The average molecular weight is 1990 g/mol. The highest BCUT2D eigenvalue weighted by atomic mass is 32.2. The molecule has 6 aromatic carbocycles. The van der Waals surface area contributed by atoms with Crippen LogP contribution in [0.5, 0.6) is 17.2 Å². The average Bonchev–Trinajstić information content (AvgIpc) is 1.59. The predicted molar refractivity (Wildman–Crippen MR) is 486 cm³/mol. The normalized spacial score (nSPS) is 22.2. The van der Waals surface area contributed by atoms with Crippen molar-refractivity contribution in [1.82, 2.24) is 57.7 Å². The fourth-order valence-electron chi connectivity index (χ4n) is 17.8. The number of carbonyl (C=O) groups excluding carboxylic acids is 2. The topological polar surface area (TPSA) is 508 Å². The molecule has 12 aliphatic rings. The number of thioether (sulfide) groups is 1. The first-order chi connectivity index (χ1) is 62.7. The van der Waals surface area contributed by atoms with Crippen molar-refractivity contribution < 1.29 is 111 Å². The molecule has 0 aromatic heterocycles. The summed E-state index contributed by atoms with van der Waals surface area (Å²) >= 11 is 1.79. The molecule has 6 aromatic rings. The second-order valence-electron chi connectivity index (χ2n) is 33.2. The molecule has 0 atom stereocenters. The van der Waals surface area contributed by atoms with E-state index >= 15 is 0 Å². The van der Waals surface area contributed by atoms with E-state index in [2.05, 4.69) is 31.9 Å². The molecule has 12 saturated heterocycles. The number of hydrogen-bond donors (Lipinski definition) is 7. The maximum Gasteiger partial charge on any atom is 0.321 e. The van der Waals surface area contributed by atoms with Gasteiger partial charge in [-0.05, 0) is 180 Å². The molecule has 0 aliphatic carbocycles. The zero-order valence-corrected chi connectivity index (χ0v) is 80.4. The summed E-state index contributed by atoms with van der Waals surface area (Å²) in [7, 11) is -20.5. The summed E-state index contributed by atoms with van der Waals surface area (Å²) in [6, 6.07) is 35.5. The van der Waals surface area contributed by atoms with Gasteiger partial charge in [0.1, 0.15) is 40.1 Å². The lowest BCUT2D eigenvalue weighted by molar-refractivity contribution is -0.384. The number of benzene rings is 6. The SMILES string of the molecule is CC(=O)c1ccc(S(=O)(=O)N2CCC3(CC2)NCC(=O)O3)cc1.COc1ccc(S(=O)(=O)N2CCC3(CC2)NCCO3)cc1.COc1ccc(S(=O)(=O)N2CCOC23CCNCC3)cc1.COc1ccc(S(=O)(=O)N2CCSC23CCNCC3)cc1.NS(=O)(=O)c1ccc(S(=O)(=O)N2CCC3(CC2)NCCO3)cc1.O=[N+]([O-])c1ccc(S(=O)(=O)N2CCC3(CC2)NCCCO3)cc1. The fourth-order valence-corrected chi connectivity index (χ4v) is 29.4. The number of ketones is 1. The number of nitro benzene ring substituents is 1. The van der Waals surface area contributed by atoms with Crippen LogP contribution in [0.4, 0.5) is 5.69 Å². The lowest BCUT2D eigenvalue weighted by Gasteiger charge is -2.43. The Morgan fingerprint density at radius 3 is 1.08 bits per heavy atom. The molecule has 48 heteroatoms. The number of carbonyl (C=O) groups is 2. The van der Waals surface area contributed by atoms with Gasteiger partial charge in [-0.1, -0.05) is 12.1 Å². The molecule has 0 bridgehead atoms. The first-order valence-corrected chi connectivity index (χ1v) is 54.7. The molecule has 726 valence electrons. The molecule has 0 unspecified atom stereocenters. The molecule has 8 N–H and O–H groups in total. The number of nitrogens with zero attached hydrogens (tertiary/aromatic N) is 7. The Morgan fingerprint density at radius 2 is 0.735 bits per heavy atom. The van der Waals surface area contributed by atoms with Gasteiger partial charge in [0.15, 0.2) is 11.5 Å². The van der Waals surface area contributed by atoms with Crippen molar-refractivity contribution in [2.45, 2.75) is 158 Å². The number of non-ortho nitro benzene ring substituents is 1. The maximum atomic E-state index is 13.0. The second-order valence-corrected chi connectivity index (χ2v) is 47.7. The summed E-state index contributed by atoms with van der Waals surface area (Å²) in [4.78, 5) is 33.5. The minimum absolute atomic E-state index is 0.0566. The molecular formula is C84H116N14O26S8. The van der Waals surface area contributed by atoms with Crippen molar-refractivity contribution in [1.29, 1.82) is 0 Å². The highest BCUT2D eigenvalue weighted by Gasteiger charge is 2.52. The smallest absolute Gasteiger partial charge is 0.321 e. The van der Waals surface area contributed by atoms with E-state index in [1.807, 2.05) is 0 Å². The first-order valence-electron chi connectivity index (χ1n) is 43.5. The van der Waals surface area contributed by atoms with E-state index in [9.17, 15) is 78.6 Å². The summed E-state index contributed by atoms with van der Waals surface area (Å²) in [6.45, 7) is 13.8. The maximum absolute atomic E-state index is 13.0. The summed E-state index contributed by atoms with van der Waals surface area (Å²) in [5.41, 5.74) is -2.16. The summed E-state index contributed by atoms with van der Waals surface area (Å²) in [5.74, 6) is 2.42. The number of rotatable bonds is 18. The molecule has 0 amide bonds. The molecule has 18 rings (SSSR count). The van der Waals surface area contributed by atoms with E-state index in [1.165, 1.54) is 101 Å². The van der Waals surface area contributed by atoms with Crippen molar-refractivity contribution in [2.24, 2.45) is 5.14 Å². The highest BCUT2D eigenvalue weighted by Crippen LogP contribution is 2.46. The lowest BCUT2D eigenvalue weighted by Crippen LogP contribution is -2.58. The highest BCUT2D eigenvalue weighted by molar-refractivity contribution is 8.02. The van der Waals surface area contributed by atoms with Gasteiger partial charge in [0.2, 0.25) is 70.2 Å². The number of Topliss-reactive ketones (excluding diaryl/α,β-unsaturated/α-hetero) is 1. The van der Waals surface area contributed by atoms with Gasteiger partial charge >= 0.3 is 5.97 Å². The Kier molecular flexibility index (Phi) is 33.0. The standard InChI is InChI=1S/C15H18N2O5S.C14H19N3O5S.2C14H20N2O4S.C14H20N2O3S2.C13H19N3O5S2/c1-11(18)12-2-4-13(5-3-12)23(20,21)17-8-6-15(7-9-17)16-10-14(19)22-15;18-17(19)12-2-4-13(5-3-12)23(20,21)16-9-6-14(7-10-16)15-8-1-11-22-14;1-19-12-2-4-13(5-3-12)21(17,18)16-9-6-14(7-10-16)15-8-11-20-14;2*1-19-12-2-4-13(5-3-12)21(17,18)16-10-11-20-14(16)6-8-15-9-7-14;14-22(17,18)11-1-3-12(4-2-11)23(19,20)16-8-5-13(6-9-16)15-7-10-21-13/h2-5,16H,6-10H2,1H3;2-5,15H,1,6-11H2;3*2-5,15H,6-11H2,1H3;1-4,15H,5-10H2,(H2,14,17,18). The molecule has 12 fully saturated rings. The summed E-state index contributed by atoms with van der Waals surface area (Å²) < 4.78 is 228. The van der Waals surface area contributed by atoms with Crippen LogP contribution in [0.15, 0.2) is 180 Å². The minimum Gasteiger partial charge on any atom is -0.497 e. The van der Waals surface area contributed by atoms with Gasteiger partial charge in [-0.3, -0.25) is 41.0 Å². The van der Waals surface area contributed by atoms with Crippen molar-refractivity contribution in [2.75, 3.05) is 171 Å². The van der Waals surface area contributed by atoms with Crippen LogP contribution in [0.25, 0.3) is 0 Å². The minimum atomic E-state index is -3.84. The molecule has 12 heterocycles. The molecule has 0 saturated carbocycles. The number of nitrogens with two attached hydrogens (primary N) is 1. The summed E-state index contributed by atoms with van der Waals surface area (Å²) in [5, 5.41) is 35.2. The number of nitrogens with one attached hydrogen (secondary N) is 6. The van der Waals surface area contributed by atoms with E-state index in [0.29, 0.717) is 176 Å². The molecule has 0 radical (unpaired) electrons. The largest absolute Gasteiger partial charge is 0.497 e. The van der Waals surface area contributed by atoms with Gasteiger partial charge in [-0.25, -0.2) is 64.1 Å². The quantitative estimate of drug-likeness (QED) is 0.0275. The number of methoxy groups -OCH3 is 3. The van der Waals surface area contributed by atoms with E-state index in [-0.39, 0.29) is 72.1 Å². The van der Waals surface area contributed by atoms with E-state index in [4.69, 9.17) is 43.0 Å².